The highest BCUT2D eigenvalue weighted by atomic mass is 17.3. The zero-order valence-electron chi connectivity index (χ0n) is 16.9. The van der Waals surface area contributed by atoms with Gasteiger partial charge in [-0.1, -0.05) is 23.4 Å². The van der Waals surface area contributed by atoms with Crippen LogP contribution in [0.5, 0.6) is 0 Å². The Bertz CT molecular complexity index is 583. The fourth-order valence-electron chi connectivity index (χ4n) is 7.63. The minimum atomic E-state index is -0.461. The molecule has 1 heterocycles. The van der Waals surface area contributed by atoms with Crippen molar-refractivity contribution in [2.75, 3.05) is 0 Å². The number of hydrogen-bond donors (Lipinski definition) is 0. The van der Waals surface area contributed by atoms with E-state index in [4.69, 9.17) is 14.5 Å². The van der Waals surface area contributed by atoms with Gasteiger partial charge in [0.2, 0.25) is 11.6 Å². The van der Waals surface area contributed by atoms with Crippen molar-refractivity contribution in [1.29, 1.82) is 0 Å². The van der Waals surface area contributed by atoms with Gasteiger partial charge in [-0.05, 0) is 64.2 Å². The molecule has 2 atom stereocenters. The summed E-state index contributed by atoms with van der Waals surface area (Å²) in [5.74, 6) is 1.82. The van der Waals surface area contributed by atoms with Gasteiger partial charge >= 0.3 is 0 Å². The number of hydrogen-bond acceptors (Lipinski definition) is 3. The first-order chi connectivity index (χ1) is 12.5. The van der Waals surface area contributed by atoms with E-state index in [-0.39, 0.29) is 0 Å². The topological polar surface area (TPSA) is 27.7 Å². The zero-order chi connectivity index (χ0) is 18.0. The van der Waals surface area contributed by atoms with Gasteiger partial charge in [-0.3, -0.25) is 0 Å². The summed E-state index contributed by atoms with van der Waals surface area (Å²) in [5.41, 5.74) is 1.52. The van der Waals surface area contributed by atoms with E-state index in [9.17, 15) is 0 Å². The highest BCUT2D eigenvalue weighted by molar-refractivity contribution is 7.24. The lowest BCUT2D eigenvalue weighted by Gasteiger charge is -2.62. The Morgan fingerprint density at radius 2 is 1.77 bits per heavy atom. The van der Waals surface area contributed by atoms with Gasteiger partial charge in [0.05, 0.1) is 22.0 Å². The molecule has 5 saturated carbocycles. The highest BCUT2D eigenvalue weighted by Crippen LogP contribution is 2.70. The fourth-order valence-corrected chi connectivity index (χ4v) is 7.63. The highest BCUT2D eigenvalue weighted by Gasteiger charge is 2.69. The molecular formula is C20H33B3O3. The quantitative estimate of drug-likeness (QED) is 0.443. The van der Waals surface area contributed by atoms with Crippen molar-refractivity contribution < 1.29 is 14.5 Å². The summed E-state index contributed by atoms with van der Waals surface area (Å²) in [6.45, 7) is 4.42. The number of rotatable bonds is 3. The second-order valence-electron chi connectivity index (χ2n) is 10.3. The van der Waals surface area contributed by atoms with Gasteiger partial charge in [0.25, 0.3) is 0 Å². The molecule has 1 saturated heterocycles. The molecule has 6 heteroatoms. The van der Waals surface area contributed by atoms with E-state index in [0.29, 0.717) is 23.1 Å². The molecule has 2 spiro atoms. The second kappa shape index (κ2) is 6.16. The van der Waals surface area contributed by atoms with Crippen LogP contribution >= 0.6 is 0 Å². The molecule has 0 aromatic rings. The Morgan fingerprint density at radius 1 is 1.08 bits per heavy atom. The van der Waals surface area contributed by atoms with E-state index in [1.807, 2.05) is 0 Å². The smallest absolute Gasteiger partial charge is 0.210 e. The van der Waals surface area contributed by atoms with Crippen LogP contribution in [0, 0.1) is 23.7 Å². The van der Waals surface area contributed by atoms with Crippen LogP contribution in [0.25, 0.3) is 0 Å². The summed E-state index contributed by atoms with van der Waals surface area (Å²) in [6.07, 6.45) is 13.2. The largest absolute Gasteiger partial charge is 0.312 e. The summed E-state index contributed by atoms with van der Waals surface area (Å²) >= 11 is 0. The van der Waals surface area contributed by atoms with Crippen LogP contribution in [0.3, 0.4) is 0 Å². The Hall–Kier alpha value is -0.185. The maximum Gasteiger partial charge on any atom is 0.210 e. The summed E-state index contributed by atoms with van der Waals surface area (Å²) < 4.78 is 6.88. The molecule has 26 heavy (non-hydrogen) atoms. The van der Waals surface area contributed by atoms with Crippen LogP contribution < -0.4 is 0 Å². The van der Waals surface area contributed by atoms with E-state index in [2.05, 4.69) is 27.7 Å². The predicted octanol–water partition coefficient (Wildman–Crippen LogP) is 2.85. The van der Waals surface area contributed by atoms with Gasteiger partial charge < -0.3 is 4.74 Å². The average Bonchev–Trinajstić information content (AvgIpc) is 3.00. The van der Waals surface area contributed by atoms with Crippen molar-refractivity contribution >= 4 is 22.0 Å². The lowest BCUT2D eigenvalue weighted by molar-refractivity contribution is -0.389. The normalized spacial score (nSPS) is 52.8. The molecule has 0 radical (unpaired) electrons. The molecule has 0 N–H and O–H groups in total. The lowest BCUT2D eigenvalue weighted by atomic mass is 9.16. The molecule has 6 fully saturated rings. The Kier molecular flexibility index (Phi) is 4.23. The summed E-state index contributed by atoms with van der Waals surface area (Å²) in [7, 11) is 5.05. The molecule has 0 aromatic heterocycles. The van der Waals surface area contributed by atoms with Gasteiger partial charge in [-0.15, -0.1) is 0 Å². The molecule has 3 nitrogen and oxygen atoms in total. The number of allylic oxidation sites excluding steroid dienone is 2. The average molecular weight is 354 g/mol. The van der Waals surface area contributed by atoms with Crippen molar-refractivity contribution in [3.8, 4) is 0 Å². The van der Waals surface area contributed by atoms with Gasteiger partial charge in [0.15, 0.2) is 0 Å². The molecule has 2 unspecified atom stereocenters. The Labute approximate surface area is 160 Å². The van der Waals surface area contributed by atoms with Gasteiger partial charge in [-0.25, -0.2) is 0 Å². The molecule has 0 aromatic carbocycles. The third-order valence-electron chi connectivity index (χ3n) is 8.75. The SMILES string of the molecule is BBBC12CC3CC(C1)C1(OOC4(CCC(/C(C)=C/C)CC4)O1)C(C3)C2. The van der Waals surface area contributed by atoms with Crippen LogP contribution in [0.1, 0.15) is 71.6 Å². The van der Waals surface area contributed by atoms with Crippen molar-refractivity contribution in [1.82, 2.24) is 0 Å². The van der Waals surface area contributed by atoms with Crippen LogP contribution in [-0.2, 0) is 14.5 Å². The van der Waals surface area contributed by atoms with Crippen LogP contribution in [0.15, 0.2) is 11.6 Å². The Balaban J connectivity index is 1.33. The van der Waals surface area contributed by atoms with Crippen molar-refractivity contribution in [2.24, 2.45) is 23.7 Å². The molecule has 6 aliphatic rings. The maximum atomic E-state index is 6.88. The standard InChI is InChI=1S/C20H33B3O3/c1-3-13(2)15-4-6-19(7-5-15)24-20(26-25-19)16-8-14-9-17(20)12-18(10-14,11-16)22-23-21/h3,14-17,22-23H,4-12,21H2,1-2H3/b13-3+. The van der Waals surface area contributed by atoms with Crippen LogP contribution in [-0.4, -0.2) is 33.5 Å². The molecule has 6 rings (SSSR count). The van der Waals surface area contributed by atoms with Crippen molar-refractivity contribution in [3.05, 3.63) is 11.6 Å². The maximum absolute atomic E-state index is 6.88. The fraction of sp³-hybridized carbons (Fsp3) is 0.900. The minimum absolute atomic E-state index is 0.420. The molecule has 0 amide bonds. The molecule has 5 aliphatic carbocycles. The third kappa shape index (κ3) is 2.54. The van der Waals surface area contributed by atoms with E-state index >= 15 is 0 Å². The molecule has 1 aliphatic heterocycles. The monoisotopic (exact) mass is 354 g/mol. The van der Waals surface area contributed by atoms with Gasteiger partial charge in [0, 0.05) is 24.7 Å². The van der Waals surface area contributed by atoms with E-state index < -0.39 is 11.6 Å². The third-order valence-corrected chi connectivity index (χ3v) is 8.75. The van der Waals surface area contributed by atoms with Gasteiger partial charge in [0.1, 0.15) is 0 Å². The van der Waals surface area contributed by atoms with Gasteiger partial charge in [-0.2, -0.15) is 9.78 Å². The second-order valence-corrected chi connectivity index (χ2v) is 10.3. The van der Waals surface area contributed by atoms with E-state index in [0.717, 1.165) is 31.6 Å². The molecule has 140 valence electrons. The lowest BCUT2D eigenvalue weighted by Crippen LogP contribution is -2.62. The summed E-state index contributed by atoms with van der Waals surface area (Å²) in [5, 5.41) is 0.583. The number of ether oxygens (including phenoxy) is 1. The van der Waals surface area contributed by atoms with Crippen LogP contribution in [0.2, 0.25) is 5.31 Å². The summed E-state index contributed by atoms with van der Waals surface area (Å²) in [6, 6.07) is 0. The first-order valence-electron chi connectivity index (χ1n) is 11.2. The first-order valence-corrected chi connectivity index (χ1v) is 11.2. The zero-order valence-corrected chi connectivity index (χ0v) is 16.9. The van der Waals surface area contributed by atoms with Crippen LogP contribution in [0.4, 0.5) is 0 Å². The minimum Gasteiger partial charge on any atom is -0.312 e. The van der Waals surface area contributed by atoms with E-state index in [1.165, 1.54) is 51.9 Å². The van der Waals surface area contributed by atoms with E-state index in [1.54, 1.807) is 0 Å². The predicted molar refractivity (Wildman–Crippen MR) is 109 cm³/mol. The molecule has 4 bridgehead atoms. The van der Waals surface area contributed by atoms with Crippen molar-refractivity contribution in [2.45, 2.75) is 88.5 Å². The first kappa shape index (κ1) is 17.9. The summed E-state index contributed by atoms with van der Waals surface area (Å²) in [4.78, 5) is 12.3. The Morgan fingerprint density at radius 3 is 2.38 bits per heavy atom. The van der Waals surface area contributed by atoms with Crippen molar-refractivity contribution in [3.63, 3.8) is 0 Å². The molecular weight excluding hydrogens is 321 g/mol.